The molecule has 3 nitrogen and oxygen atoms in total. The Morgan fingerprint density at radius 2 is 2.33 bits per heavy atom. The Labute approximate surface area is 118 Å². The van der Waals surface area contributed by atoms with E-state index in [0.717, 1.165) is 37.1 Å². The zero-order valence-electron chi connectivity index (χ0n) is 11.1. The lowest BCUT2D eigenvalue weighted by atomic mass is 10.2. The Morgan fingerprint density at radius 3 is 3.00 bits per heavy atom. The number of ether oxygens (including phenoxy) is 1. The summed E-state index contributed by atoms with van der Waals surface area (Å²) in [6, 6.07) is 6.47. The molecule has 1 aliphatic rings. The number of aryl methyl sites for hydroxylation is 1. The molecule has 1 fully saturated rings. The standard InChI is InChI=1S/C14H21BrN2O/c1-11-3-4-14(13(15)9-11)17(2)7-5-12-10-16-6-8-18-12/h3-4,9,12,16H,5-8,10H2,1-2H3. The van der Waals surface area contributed by atoms with Crippen LogP contribution in [0.5, 0.6) is 0 Å². The van der Waals surface area contributed by atoms with Crippen molar-refractivity contribution in [2.45, 2.75) is 19.4 Å². The van der Waals surface area contributed by atoms with Gasteiger partial charge in [-0.3, -0.25) is 0 Å². The predicted molar refractivity (Wildman–Crippen MR) is 79.4 cm³/mol. The van der Waals surface area contributed by atoms with Crippen LogP contribution in [-0.2, 0) is 4.74 Å². The average molecular weight is 313 g/mol. The fourth-order valence-corrected chi connectivity index (χ4v) is 2.98. The van der Waals surface area contributed by atoms with Crippen molar-refractivity contribution in [2.75, 3.05) is 38.2 Å². The van der Waals surface area contributed by atoms with Crippen molar-refractivity contribution in [2.24, 2.45) is 0 Å². The van der Waals surface area contributed by atoms with E-state index in [-0.39, 0.29) is 0 Å². The molecule has 1 atom stereocenters. The van der Waals surface area contributed by atoms with Gasteiger partial charge in [-0.05, 0) is 47.0 Å². The molecule has 1 aromatic carbocycles. The molecule has 2 rings (SSSR count). The van der Waals surface area contributed by atoms with Crippen LogP contribution in [0.1, 0.15) is 12.0 Å². The molecular formula is C14H21BrN2O. The van der Waals surface area contributed by atoms with E-state index in [1.165, 1.54) is 11.3 Å². The molecule has 18 heavy (non-hydrogen) atoms. The summed E-state index contributed by atoms with van der Waals surface area (Å²) in [5.41, 5.74) is 2.52. The van der Waals surface area contributed by atoms with Crippen LogP contribution in [-0.4, -0.2) is 39.4 Å². The van der Waals surface area contributed by atoms with Gasteiger partial charge in [0.25, 0.3) is 0 Å². The quantitative estimate of drug-likeness (QED) is 0.925. The largest absolute Gasteiger partial charge is 0.376 e. The van der Waals surface area contributed by atoms with Gasteiger partial charge in [-0.1, -0.05) is 6.07 Å². The van der Waals surface area contributed by atoms with E-state index in [4.69, 9.17) is 4.74 Å². The van der Waals surface area contributed by atoms with Gasteiger partial charge in [0.1, 0.15) is 0 Å². The summed E-state index contributed by atoms with van der Waals surface area (Å²) in [5, 5.41) is 3.36. The number of nitrogens with zero attached hydrogens (tertiary/aromatic N) is 1. The topological polar surface area (TPSA) is 24.5 Å². The van der Waals surface area contributed by atoms with Gasteiger partial charge < -0.3 is 15.0 Å². The van der Waals surface area contributed by atoms with E-state index >= 15 is 0 Å². The van der Waals surface area contributed by atoms with Gasteiger partial charge in [-0.15, -0.1) is 0 Å². The van der Waals surface area contributed by atoms with Crippen LogP contribution in [0.2, 0.25) is 0 Å². The third kappa shape index (κ3) is 3.70. The van der Waals surface area contributed by atoms with E-state index in [1.54, 1.807) is 0 Å². The summed E-state index contributed by atoms with van der Waals surface area (Å²) in [7, 11) is 2.13. The first-order valence-corrected chi connectivity index (χ1v) is 7.26. The number of anilines is 1. The van der Waals surface area contributed by atoms with Crippen molar-refractivity contribution in [3.05, 3.63) is 28.2 Å². The van der Waals surface area contributed by atoms with Crippen LogP contribution in [0.3, 0.4) is 0 Å². The van der Waals surface area contributed by atoms with Crippen molar-refractivity contribution in [1.29, 1.82) is 0 Å². The SMILES string of the molecule is Cc1ccc(N(C)CCC2CNCCO2)c(Br)c1. The number of halogens is 1. The third-order valence-electron chi connectivity index (χ3n) is 3.31. The second kappa shape index (κ2) is 6.55. The maximum absolute atomic E-state index is 5.71. The molecule has 1 aromatic rings. The molecule has 0 bridgehead atoms. The minimum absolute atomic E-state index is 0.352. The fourth-order valence-electron chi connectivity index (χ4n) is 2.18. The zero-order chi connectivity index (χ0) is 13.0. The average Bonchev–Trinajstić information content (AvgIpc) is 2.37. The van der Waals surface area contributed by atoms with Gasteiger partial charge in [-0.2, -0.15) is 0 Å². The van der Waals surface area contributed by atoms with Crippen molar-refractivity contribution < 1.29 is 4.74 Å². The minimum Gasteiger partial charge on any atom is -0.376 e. The first-order chi connectivity index (χ1) is 8.66. The maximum Gasteiger partial charge on any atom is 0.0716 e. The number of benzene rings is 1. The van der Waals surface area contributed by atoms with Crippen LogP contribution in [0, 0.1) is 6.92 Å². The maximum atomic E-state index is 5.71. The van der Waals surface area contributed by atoms with Crippen molar-refractivity contribution in [3.8, 4) is 0 Å². The van der Waals surface area contributed by atoms with Crippen LogP contribution in [0.15, 0.2) is 22.7 Å². The molecule has 4 heteroatoms. The van der Waals surface area contributed by atoms with Crippen molar-refractivity contribution in [3.63, 3.8) is 0 Å². The molecule has 0 amide bonds. The molecule has 1 aliphatic heterocycles. The lowest BCUT2D eigenvalue weighted by Gasteiger charge is -2.27. The van der Waals surface area contributed by atoms with Crippen LogP contribution < -0.4 is 10.2 Å². The van der Waals surface area contributed by atoms with Crippen LogP contribution >= 0.6 is 15.9 Å². The number of nitrogens with one attached hydrogen (secondary N) is 1. The third-order valence-corrected chi connectivity index (χ3v) is 3.94. The molecule has 0 aromatic heterocycles. The highest BCUT2D eigenvalue weighted by Crippen LogP contribution is 2.26. The number of morpholine rings is 1. The first kappa shape index (κ1) is 13.8. The monoisotopic (exact) mass is 312 g/mol. The highest BCUT2D eigenvalue weighted by atomic mass is 79.9. The molecule has 1 unspecified atom stereocenters. The molecule has 0 aliphatic carbocycles. The van der Waals surface area contributed by atoms with E-state index < -0.39 is 0 Å². The molecule has 1 heterocycles. The number of rotatable bonds is 4. The Morgan fingerprint density at radius 1 is 1.50 bits per heavy atom. The molecular weight excluding hydrogens is 292 g/mol. The van der Waals surface area contributed by atoms with E-state index in [2.05, 4.69) is 58.3 Å². The summed E-state index contributed by atoms with van der Waals surface area (Å²) in [6.45, 7) is 5.91. The molecule has 0 radical (unpaired) electrons. The molecule has 1 N–H and O–H groups in total. The summed E-state index contributed by atoms with van der Waals surface area (Å²) in [6.07, 6.45) is 1.41. The Balaban J connectivity index is 1.88. The molecule has 0 saturated carbocycles. The van der Waals surface area contributed by atoms with Crippen molar-refractivity contribution >= 4 is 21.6 Å². The van der Waals surface area contributed by atoms with E-state index in [1.807, 2.05) is 0 Å². The zero-order valence-corrected chi connectivity index (χ0v) is 12.7. The lowest BCUT2D eigenvalue weighted by Crippen LogP contribution is -2.40. The van der Waals surface area contributed by atoms with Gasteiger partial charge in [-0.25, -0.2) is 0 Å². The normalized spacial score (nSPS) is 19.8. The number of hydrogen-bond acceptors (Lipinski definition) is 3. The van der Waals surface area contributed by atoms with E-state index in [0.29, 0.717) is 6.10 Å². The predicted octanol–water partition coefficient (Wildman–Crippen LogP) is 2.57. The smallest absolute Gasteiger partial charge is 0.0716 e. The minimum atomic E-state index is 0.352. The first-order valence-electron chi connectivity index (χ1n) is 6.46. The van der Waals surface area contributed by atoms with Gasteiger partial charge in [0.05, 0.1) is 18.4 Å². The Bertz CT molecular complexity index is 391. The number of hydrogen-bond donors (Lipinski definition) is 1. The highest BCUT2D eigenvalue weighted by molar-refractivity contribution is 9.10. The Hall–Kier alpha value is -0.580. The summed E-state index contributed by atoms with van der Waals surface area (Å²) < 4.78 is 6.87. The van der Waals surface area contributed by atoms with Crippen LogP contribution in [0.4, 0.5) is 5.69 Å². The van der Waals surface area contributed by atoms with Gasteiger partial charge >= 0.3 is 0 Å². The van der Waals surface area contributed by atoms with E-state index in [9.17, 15) is 0 Å². The van der Waals surface area contributed by atoms with Gasteiger partial charge in [0.2, 0.25) is 0 Å². The lowest BCUT2D eigenvalue weighted by molar-refractivity contribution is 0.0250. The highest BCUT2D eigenvalue weighted by Gasteiger charge is 2.14. The Kier molecular flexibility index (Phi) is 5.03. The molecule has 100 valence electrons. The van der Waals surface area contributed by atoms with Crippen LogP contribution in [0.25, 0.3) is 0 Å². The fraction of sp³-hybridized carbons (Fsp3) is 0.571. The van der Waals surface area contributed by atoms with Gasteiger partial charge in [0.15, 0.2) is 0 Å². The molecule has 1 saturated heterocycles. The second-order valence-electron chi connectivity index (χ2n) is 4.86. The summed E-state index contributed by atoms with van der Waals surface area (Å²) >= 11 is 3.63. The van der Waals surface area contributed by atoms with Crippen molar-refractivity contribution in [1.82, 2.24) is 5.32 Å². The summed E-state index contributed by atoms with van der Waals surface area (Å²) in [5.74, 6) is 0. The molecule has 0 spiro atoms. The summed E-state index contributed by atoms with van der Waals surface area (Å²) in [4.78, 5) is 2.28. The second-order valence-corrected chi connectivity index (χ2v) is 5.72. The van der Waals surface area contributed by atoms with Gasteiger partial charge in [0, 0.05) is 31.2 Å².